The first kappa shape index (κ1) is 33.0. The fourth-order valence-electron chi connectivity index (χ4n) is 5.29. The lowest BCUT2D eigenvalue weighted by molar-refractivity contribution is -0.138. The predicted molar refractivity (Wildman–Crippen MR) is 184 cm³/mol. The molecule has 1 amide bonds. The Kier molecular flexibility index (Phi) is 9.18. The van der Waals surface area contributed by atoms with Gasteiger partial charge in [-0.2, -0.15) is 18.3 Å². The van der Waals surface area contributed by atoms with E-state index in [4.69, 9.17) is 0 Å². The number of carbonyl (C=O) groups excluding carboxylic acids is 1. The molecule has 0 saturated carbocycles. The summed E-state index contributed by atoms with van der Waals surface area (Å²) in [6.45, 7) is 6.67. The Morgan fingerprint density at radius 3 is 2.63 bits per heavy atom. The second kappa shape index (κ2) is 13.6. The maximum Gasteiger partial charge on any atom is 0.416 e. The summed E-state index contributed by atoms with van der Waals surface area (Å²) < 4.78 is 46.1. The van der Waals surface area contributed by atoms with Crippen molar-refractivity contribution in [3.63, 3.8) is 0 Å². The van der Waals surface area contributed by atoms with E-state index in [-0.39, 0.29) is 29.4 Å². The van der Waals surface area contributed by atoms with E-state index in [1.807, 2.05) is 58.6 Å². The summed E-state index contributed by atoms with van der Waals surface area (Å²) in [6, 6.07) is 12.9. The zero-order valence-corrected chi connectivity index (χ0v) is 27.5. The van der Waals surface area contributed by atoms with E-state index in [1.165, 1.54) is 12.1 Å². The van der Waals surface area contributed by atoms with Crippen molar-refractivity contribution in [3.8, 4) is 11.8 Å². The van der Waals surface area contributed by atoms with Crippen molar-refractivity contribution in [3.05, 3.63) is 132 Å². The summed E-state index contributed by atoms with van der Waals surface area (Å²) in [5.41, 5.74) is 4.00. The lowest BCUT2D eigenvalue weighted by atomic mass is 10.0. The molecule has 0 radical (unpaired) electrons. The van der Waals surface area contributed by atoms with Crippen molar-refractivity contribution in [2.75, 3.05) is 24.2 Å². The van der Waals surface area contributed by atoms with Crippen molar-refractivity contribution in [1.82, 2.24) is 29.0 Å². The molecule has 9 nitrogen and oxygen atoms in total. The summed E-state index contributed by atoms with van der Waals surface area (Å²) in [6.07, 6.45) is 9.79. The van der Waals surface area contributed by atoms with Crippen LogP contribution in [-0.2, 0) is 12.7 Å². The van der Waals surface area contributed by atoms with E-state index in [0.29, 0.717) is 23.4 Å². The van der Waals surface area contributed by atoms with Crippen LogP contribution in [0.25, 0.3) is 5.65 Å². The number of likely N-dealkylation sites (N-methyl/N-ethyl adjacent to an activating group) is 1. The molecule has 250 valence electrons. The highest BCUT2D eigenvalue weighted by Crippen LogP contribution is 2.35. The van der Waals surface area contributed by atoms with Gasteiger partial charge in [-0.25, -0.2) is 4.98 Å². The molecule has 0 aliphatic carbocycles. The molecule has 4 heterocycles. The summed E-state index contributed by atoms with van der Waals surface area (Å²) >= 11 is 0. The molecule has 0 saturated heterocycles. The molecule has 0 fully saturated rings. The number of fused-ring (bicyclic) bond motifs is 1. The molecule has 0 spiro atoms. The number of halogens is 3. The van der Waals surface area contributed by atoms with Gasteiger partial charge in [0.1, 0.15) is 5.69 Å². The summed E-state index contributed by atoms with van der Waals surface area (Å²) in [5.74, 6) is 5.75. The average molecular weight is 665 g/mol. The zero-order chi connectivity index (χ0) is 34.7. The first-order chi connectivity index (χ1) is 23.4. The third kappa shape index (κ3) is 7.62. The number of amides is 1. The second-order valence-corrected chi connectivity index (χ2v) is 12.1. The zero-order valence-electron chi connectivity index (χ0n) is 27.5. The van der Waals surface area contributed by atoms with E-state index < -0.39 is 17.6 Å². The number of hydrogen-bond acceptors (Lipinski definition) is 6. The number of nitrogens with zero attached hydrogens (tertiary/aromatic N) is 6. The van der Waals surface area contributed by atoms with E-state index in [9.17, 15) is 18.0 Å². The number of carbonyl (C=O) groups is 1. The summed E-state index contributed by atoms with van der Waals surface area (Å²) in [4.78, 5) is 21.4. The highest BCUT2D eigenvalue weighted by molar-refractivity contribution is 6.04. The van der Waals surface area contributed by atoms with Gasteiger partial charge in [-0.3, -0.25) is 13.9 Å². The molecule has 12 heteroatoms. The highest BCUT2D eigenvalue weighted by Gasteiger charge is 2.34. The third-order valence-corrected chi connectivity index (χ3v) is 8.00. The lowest BCUT2D eigenvalue weighted by Gasteiger charge is -2.20. The molecule has 1 aliphatic rings. The van der Waals surface area contributed by atoms with Crippen LogP contribution < -0.4 is 10.6 Å². The summed E-state index contributed by atoms with van der Waals surface area (Å²) in [5, 5.41) is 10.4. The average Bonchev–Trinajstić information content (AvgIpc) is 3.66. The van der Waals surface area contributed by atoms with Crippen LogP contribution >= 0.6 is 0 Å². The van der Waals surface area contributed by atoms with Gasteiger partial charge in [0.2, 0.25) is 0 Å². The number of alkyl halides is 3. The maximum atomic E-state index is 14.1. The van der Waals surface area contributed by atoms with E-state index in [0.717, 1.165) is 23.0 Å². The number of pyridine rings is 1. The minimum absolute atomic E-state index is 0.0259. The van der Waals surface area contributed by atoms with Crippen LogP contribution in [0.15, 0.2) is 98.0 Å². The van der Waals surface area contributed by atoms with Crippen LogP contribution in [0.4, 0.5) is 30.2 Å². The number of benzene rings is 2. The Labute approximate surface area is 282 Å². The smallest absolute Gasteiger partial charge is 0.375 e. The molecule has 3 aromatic heterocycles. The Morgan fingerprint density at radius 1 is 1.02 bits per heavy atom. The number of imidazole rings is 1. The standard InChI is InChI=1S/C37H35F3N8O/c1-25(2)48-24-31(21-42-48)43-34-7-5-16-47-32(22-41-35(34)47)13-11-27-19-28(9-8-26(27)3)36(49)44-30-12-10-29(33(20-30)37(38,39)40)23-46-15-6-14-45(4)17-18-46/h5-10,12,15-22,24-25,43H,14,23H2,1-4H3,(H,44,49). The second-order valence-electron chi connectivity index (χ2n) is 12.1. The Morgan fingerprint density at radius 2 is 1.86 bits per heavy atom. The van der Waals surface area contributed by atoms with E-state index >= 15 is 0 Å². The monoisotopic (exact) mass is 664 g/mol. The predicted octanol–water partition coefficient (Wildman–Crippen LogP) is 7.57. The minimum Gasteiger partial charge on any atom is -0.375 e. The van der Waals surface area contributed by atoms with Gasteiger partial charge in [0.05, 0.1) is 29.3 Å². The van der Waals surface area contributed by atoms with E-state index in [2.05, 4.69) is 46.4 Å². The Bertz CT molecular complexity index is 2130. The molecule has 2 N–H and O–H groups in total. The van der Waals surface area contributed by atoms with Crippen molar-refractivity contribution in [2.24, 2.45) is 0 Å². The number of aryl methyl sites for hydroxylation is 1. The molecule has 1 aliphatic heterocycles. The van der Waals surface area contributed by atoms with Crippen molar-refractivity contribution in [2.45, 2.75) is 39.5 Å². The molecular formula is C37H35F3N8O. The third-order valence-electron chi connectivity index (χ3n) is 8.00. The highest BCUT2D eigenvalue weighted by atomic mass is 19.4. The normalized spacial score (nSPS) is 13.1. The fourth-order valence-corrected chi connectivity index (χ4v) is 5.29. The quantitative estimate of drug-likeness (QED) is 0.175. The van der Waals surface area contributed by atoms with Gasteiger partial charge in [0.25, 0.3) is 5.91 Å². The van der Waals surface area contributed by atoms with Crippen LogP contribution in [0.2, 0.25) is 0 Å². The number of aromatic nitrogens is 4. The topological polar surface area (TPSA) is 82.7 Å². The molecule has 49 heavy (non-hydrogen) atoms. The Balaban J connectivity index is 1.20. The Hall–Kier alpha value is -5.96. The molecule has 2 aromatic carbocycles. The van der Waals surface area contributed by atoms with Crippen LogP contribution in [0.1, 0.15) is 58.2 Å². The van der Waals surface area contributed by atoms with Gasteiger partial charge in [-0.1, -0.05) is 18.1 Å². The molecule has 6 rings (SSSR count). The molecule has 5 aromatic rings. The van der Waals surface area contributed by atoms with Gasteiger partial charge < -0.3 is 20.4 Å². The van der Waals surface area contributed by atoms with Crippen LogP contribution in [0.5, 0.6) is 0 Å². The maximum absolute atomic E-state index is 14.1. The molecule has 0 atom stereocenters. The van der Waals surface area contributed by atoms with Crippen molar-refractivity contribution in [1.29, 1.82) is 0 Å². The number of hydrogen-bond donors (Lipinski definition) is 2. The summed E-state index contributed by atoms with van der Waals surface area (Å²) in [7, 11) is 1.88. The van der Waals surface area contributed by atoms with Gasteiger partial charge in [-0.15, -0.1) is 0 Å². The molecular weight excluding hydrogens is 629 g/mol. The van der Waals surface area contributed by atoms with Gasteiger partial charge >= 0.3 is 6.18 Å². The van der Waals surface area contributed by atoms with Gasteiger partial charge in [0.15, 0.2) is 5.65 Å². The van der Waals surface area contributed by atoms with Gasteiger partial charge in [-0.05, 0) is 80.3 Å². The van der Waals surface area contributed by atoms with Crippen LogP contribution in [0, 0.1) is 18.8 Å². The number of rotatable bonds is 7. The van der Waals surface area contributed by atoms with E-state index in [1.54, 1.807) is 54.1 Å². The first-order valence-corrected chi connectivity index (χ1v) is 15.7. The van der Waals surface area contributed by atoms with Crippen LogP contribution in [0.3, 0.4) is 0 Å². The molecule has 0 unspecified atom stereocenters. The van der Waals surface area contributed by atoms with Gasteiger partial charge in [0, 0.05) is 74.0 Å². The van der Waals surface area contributed by atoms with Crippen LogP contribution in [-0.4, -0.2) is 48.5 Å². The lowest BCUT2D eigenvalue weighted by Crippen LogP contribution is -2.17. The SMILES string of the molecule is Cc1ccc(C(=O)Nc2ccc(CN3C=CCN(C)C=C3)c(C(F)(F)F)c2)cc1C#Cc1cnc2c(Nc3cnn(C(C)C)c3)cccn12. The van der Waals surface area contributed by atoms with Crippen molar-refractivity contribution < 1.29 is 18.0 Å². The van der Waals surface area contributed by atoms with Crippen molar-refractivity contribution >= 4 is 28.6 Å². The minimum atomic E-state index is -4.61. The first-order valence-electron chi connectivity index (χ1n) is 15.7. The largest absolute Gasteiger partial charge is 0.416 e. The molecule has 0 bridgehead atoms. The number of nitrogens with one attached hydrogen (secondary N) is 2. The fraction of sp³-hybridized carbons (Fsp3) is 0.216. The number of anilines is 3.